The lowest BCUT2D eigenvalue weighted by molar-refractivity contribution is 0.397. The molecule has 52 valence electrons. The highest BCUT2D eigenvalue weighted by Crippen LogP contribution is 2.51. The van der Waals surface area contributed by atoms with Gasteiger partial charge in [-0.15, -0.1) is 0 Å². The molecule has 1 fully saturated rings. The quantitative estimate of drug-likeness (QED) is 0.444. The Kier molecular flexibility index (Phi) is 0.803. The molecular weight excluding hydrogens is 120 g/mol. The van der Waals surface area contributed by atoms with Crippen molar-refractivity contribution in [2.75, 3.05) is 0 Å². The molecule has 3 rings (SSSR count). The van der Waals surface area contributed by atoms with Crippen molar-refractivity contribution in [3.05, 3.63) is 24.3 Å². The molecule has 2 atom stereocenters. The third kappa shape index (κ3) is 0.448. The van der Waals surface area contributed by atoms with Crippen molar-refractivity contribution in [3.63, 3.8) is 0 Å². The number of hydrogen-bond acceptors (Lipinski definition) is 0. The van der Waals surface area contributed by atoms with Crippen LogP contribution in [0.15, 0.2) is 24.3 Å². The molecule has 0 aromatic heterocycles. The number of hydrogen-bond donors (Lipinski definition) is 0. The van der Waals surface area contributed by atoms with E-state index in [0.29, 0.717) is 0 Å². The zero-order chi connectivity index (χ0) is 6.55. The summed E-state index contributed by atoms with van der Waals surface area (Å²) in [6.07, 6.45) is 12.6. The van der Waals surface area contributed by atoms with Crippen molar-refractivity contribution in [2.45, 2.75) is 12.8 Å². The molecule has 0 aliphatic heterocycles. The van der Waals surface area contributed by atoms with E-state index in [9.17, 15) is 0 Å². The molecule has 0 heteroatoms. The summed E-state index contributed by atoms with van der Waals surface area (Å²) in [5.74, 6) is 3.73. The monoisotopic (exact) mass is 132 g/mol. The number of rotatable bonds is 0. The molecule has 3 aliphatic rings. The van der Waals surface area contributed by atoms with E-state index in [0.717, 1.165) is 23.7 Å². The van der Waals surface area contributed by atoms with Gasteiger partial charge < -0.3 is 0 Å². The summed E-state index contributed by atoms with van der Waals surface area (Å²) < 4.78 is 0. The van der Waals surface area contributed by atoms with E-state index >= 15 is 0 Å². The van der Waals surface area contributed by atoms with Gasteiger partial charge in [0.25, 0.3) is 0 Å². The molecule has 0 heterocycles. The molecule has 3 aliphatic carbocycles. The van der Waals surface area contributed by atoms with Gasteiger partial charge in [0.15, 0.2) is 0 Å². The van der Waals surface area contributed by atoms with Gasteiger partial charge >= 0.3 is 0 Å². The minimum atomic E-state index is 0.831. The number of allylic oxidation sites excluding steroid dienone is 4. The van der Waals surface area contributed by atoms with Gasteiger partial charge in [-0.25, -0.2) is 0 Å². The maximum absolute atomic E-state index is 2.44. The topological polar surface area (TPSA) is 0 Å². The van der Waals surface area contributed by atoms with Gasteiger partial charge in [0, 0.05) is 0 Å². The Bertz CT molecular complexity index is 190. The summed E-state index contributed by atoms with van der Waals surface area (Å²) in [6.45, 7) is 0. The smallest absolute Gasteiger partial charge is 0.00137 e. The van der Waals surface area contributed by atoms with E-state index in [2.05, 4.69) is 24.3 Å². The molecule has 0 spiro atoms. The maximum atomic E-state index is 2.44. The SMILES string of the molecule is C1=C[C@@H]2CC[C@H]3C=CC1C23. The van der Waals surface area contributed by atoms with Crippen LogP contribution in [0.2, 0.25) is 0 Å². The molecule has 0 aromatic rings. The highest BCUT2D eigenvalue weighted by Gasteiger charge is 2.42. The molecule has 10 heavy (non-hydrogen) atoms. The first-order valence-electron chi connectivity index (χ1n) is 4.32. The molecule has 0 amide bonds. The van der Waals surface area contributed by atoms with Gasteiger partial charge in [0.05, 0.1) is 0 Å². The highest BCUT2D eigenvalue weighted by molar-refractivity contribution is 5.24. The predicted octanol–water partition coefficient (Wildman–Crippen LogP) is 2.38. The fraction of sp³-hybridized carbons (Fsp3) is 0.600. The summed E-state index contributed by atoms with van der Waals surface area (Å²) in [5, 5.41) is 0. The predicted molar refractivity (Wildman–Crippen MR) is 41.5 cm³/mol. The van der Waals surface area contributed by atoms with Gasteiger partial charge in [0.2, 0.25) is 0 Å². The first-order valence-corrected chi connectivity index (χ1v) is 4.32. The second-order valence-electron chi connectivity index (χ2n) is 3.83. The highest BCUT2D eigenvalue weighted by atomic mass is 14.5. The van der Waals surface area contributed by atoms with Crippen molar-refractivity contribution >= 4 is 0 Å². The van der Waals surface area contributed by atoms with Gasteiger partial charge in [-0.2, -0.15) is 0 Å². The van der Waals surface area contributed by atoms with Gasteiger partial charge in [-0.05, 0) is 36.5 Å². The minimum Gasteiger partial charge on any atom is -0.0845 e. The average Bonchev–Trinajstić information content (AvgIpc) is 2.56. The van der Waals surface area contributed by atoms with Gasteiger partial charge in [-0.3, -0.25) is 0 Å². The van der Waals surface area contributed by atoms with Crippen molar-refractivity contribution in [1.82, 2.24) is 0 Å². The van der Waals surface area contributed by atoms with E-state index < -0.39 is 0 Å². The molecule has 0 unspecified atom stereocenters. The molecule has 0 bridgehead atoms. The molecule has 0 saturated heterocycles. The lowest BCUT2D eigenvalue weighted by Crippen LogP contribution is -2.09. The average molecular weight is 132 g/mol. The maximum Gasteiger partial charge on any atom is -0.00137 e. The largest absolute Gasteiger partial charge is 0.0845 e. The van der Waals surface area contributed by atoms with E-state index in [1.54, 1.807) is 0 Å². The molecule has 0 nitrogen and oxygen atoms in total. The van der Waals surface area contributed by atoms with Crippen molar-refractivity contribution in [1.29, 1.82) is 0 Å². The molecule has 1 saturated carbocycles. The van der Waals surface area contributed by atoms with Crippen LogP contribution in [-0.4, -0.2) is 0 Å². The fourth-order valence-electron chi connectivity index (χ4n) is 2.97. The van der Waals surface area contributed by atoms with Crippen LogP contribution in [0.1, 0.15) is 12.8 Å². The van der Waals surface area contributed by atoms with Gasteiger partial charge in [-0.1, -0.05) is 24.3 Å². The van der Waals surface area contributed by atoms with Crippen LogP contribution in [0.25, 0.3) is 0 Å². The Hall–Kier alpha value is -0.520. The van der Waals surface area contributed by atoms with E-state index in [1.165, 1.54) is 12.8 Å². The normalized spacial score (nSPS) is 54.4. The molecular formula is C10H12. The van der Waals surface area contributed by atoms with Crippen LogP contribution in [0.3, 0.4) is 0 Å². The lowest BCUT2D eigenvalue weighted by Gasteiger charge is -2.13. The standard InChI is InChI=1S/C10H12/c1-2-8-5-6-9-4-3-7(1)10(8)9/h1-4,7-10H,5-6H2/t7?,8-,9-,10?/m1/s1. The Morgan fingerprint density at radius 3 is 2.00 bits per heavy atom. The molecule has 0 radical (unpaired) electrons. The Balaban J connectivity index is 2.07. The zero-order valence-electron chi connectivity index (χ0n) is 6.03. The first kappa shape index (κ1) is 5.17. The molecule has 0 N–H and O–H groups in total. The lowest BCUT2D eigenvalue weighted by atomic mass is 9.90. The van der Waals surface area contributed by atoms with Crippen LogP contribution >= 0.6 is 0 Å². The summed E-state index contributed by atoms with van der Waals surface area (Å²) >= 11 is 0. The van der Waals surface area contributed by atoms with E-state index in [1.807, 2.05) is 0 Å². The van der Waals surface area contributed by atoms with Crippen LogP contribution in [0.4, 0.5) is 0 Å². The fourth-order valence-corrected chi connectivity index (χ4v) is 2.97. The Morgan fingerprint density at radius 1 is 0.800 bits per heavy atom. The van der Waals surface area contributed by atoms with Gasteiger partial charge in [0.1, 0.15) is 0 Å². The minimum absolute atomic E-state index is 0.831. The van der Waals surface area contributed by atoms with E-state index in [-0.39, 0.29) is 0 Å². The second kappa shape index (κ2) is 1.55. The van der Waals surface area contributed by atoms with Crippen molar-refractivity contribution in [3.8, 4) is 0 Å². The second-order valence-corrected chi connectivity index (χ2v) is 3.83. The van der Waals surface area contributed by atoms with Crippen molar-refractivity contribution < 1.29 is 0 Å². The summed E-state index contributed by atoms with van der Waals surface area (Å²) in [6, 6.07) is 0. The summed E-state index contributed by atoms with van der Waals surface area (Å²) in [5.41, 5.74) is 0. The first-order chi connectivity index (χ1) is 4.95. The Labute approximate surface area is 61.6 Å². The summed E-state index contributed by atoms with van der Waals surface area (Å²) in [7, 11) is 0. The van der Waals surface area contributed by atoms with Crippen molar-refractivity contribution in [2.24, 2.45) is 23.7 Å². The third-order valence-electron chi connectivity index (χ3n) is 3.43. The van der Waals surface area contributed by atoms with Crippen LogP contribution in [0.5, 0.6) is 0 Å². The van der Waals surface area contributed by atoms with E-state index in [4.69, 9.17) is 0 Å². The molecule has 0 aromatic carbocycles. The third-order valence-corrected chi connectivity index (χ3v) is 3.43. The van der Waals surface area contributed by atoms with Crippen LogP contribution in [-0.2, 0) is 0 Å². The zero-order valence-corrected chi connectivity index (χ0v) is 6.03. The summed E-state index contributed by atoms with van der Waals surface area (Å²) in [4.78, 5) is 0. The Morgan fingerprint density at radius 2 is 1.40 bits per heavy atom. The van der Waals surface area contributed by atoms with Crippen LogP contribution in [0, 0.1) is 23.7 Å². The van der Waals surface area contributed by atoms with Crippen LogP contribution < -0.4 is 0 Å².